The number of unbranched alkanes of at least 4 members (excludes halogenated alkanes) is 4. The Kier molecular flexibility index (Phi) is 11.6. The molecule has 1 aromatic carbocycles. The van der Waals surface area contributed by atoms with Crippen LogP contribution >= 0.6 is 0 Å². The summed E-state index contributed by atoms with van der Waals surface area (Å²) in [4.78, 5) is 28.0. The molecule has 0 amide bonds. The topological polar surface area (TPSA) is 74.2 Å². The van der Waals surface area contributed by atoms with Crippen LogP contribution in [0.25, 0.3) is 0 Å². The molecule has 0 aliphatic carbocycles. The van der Waals surface area contributed by atoms with Crippen LogP contribution in [0.2, 0.25) is 0 Å². The van der Waals surface area contributed by atoms with Gasteiger partial charge in [0.05, 0.1) is 25.5 Å². The van der Waals surface area contributed by atoms with Crippen LogP contribution in [0.5, 0.6) is 5.75 Å². The van der Waals surface area contributed by atoms with Crippen LogP contribution in [0.3, 0.4) is 0 Å². The molecule has 0 heterocycles. The molecule has 1 aromatic rings. The van der Waals surface area contributed by atoms with Crippen LogP contribution in [0.1, 0.15) is 52.9 Å². The van der Waals surface area contributed by atoms with Crippen molar-refractivity contribution in [3.8, 4) is 5.75 Å². The molecule has 0 N–H and O–H groups in total. The van der Waals surface area contributed by atoms with Gasteiger partial charge in [0.1, 0.15) is 5.75 Å². The van der Waals surface area contributed by atoms with Gasteiger partial charge >= 0.3 is 11.9 Å². The molecule has 0 radical (unpaired) electrons. The Morgan fingerprint density at radius 2 is 1.52 bits per heavy atom. The van der Waals surface area contributed by atoms with Gasteiger partial charge in [0.2, 0.25) is 0 Å². The quantitative estimate of drug-likeness (QED) is 0.219. The summed E-state index contributed by atoms with van der Waals surface area (Å²) in [6, 6.07) is 7.19. The van der Waals surface area contributed by atoms with E-state index in [9.17, 15) is 9.59 Å². The molecule has 27 heavy (non-hydrogen) atoms. The molecule has 0 bridgehead atoms. The number of aliphatic imine (C=N–C) groups is 1. The Labute approximate surface area is 161 Å². The first-order chi connectivity index (χ1) is 13.1. The van der Waals surface area contributed by atoms with Gasteiger partial charge in [-0.25, -0.2) is 0 Å². The van der Waals surface area contributed by atoms with E-state index in [1.807, 2.05) is 12.1 Å². The predicted octanol–water partition coefficient (Wildman–Crippen LogP) is 4.48. The second-order valence-electron chi connectivity index (χ2n) is 6.02. The van der Waals surface area contributed by atoms with Gasteiger partial charge in [-0.1, -0.05) is 32.6 Å². The molecule has 1 rings (SSSR count). The molecule has 0 saturated carbocycles. The minimum Gasteiger partial charge on any atom is -0.494 e. The van der Waals surface area contributed by atoms with Crippen molar-refractivity contribution in [2.24, 2.45) is 10.9 Å². The van der Waals surface area contributed by atoms with E-state index in [0.29, 0.717) is 12.3 Å². The molecular formula is C21H31NO5. The third-order valence-electron chi connectivity index (χ3n) is 3.81. The van der Waals surface area contributed by atoms with E-state index < -0.39 is 17.9 Å². The fraction of sp³-hybridized carbons (Fsp3) is 0.571. The summed E-state index contributed by atoms with van der Waals surface area (Å²) in [7, 11) is 0. The molecule has 0 fully saturated rings. The number of esters is 2. The third-order valence-corrected chi connectivity index (χ3v) is 3.81. The summed E-state index contributed by atoms with van der Waals surface area (Å²) in [5.74, 6) is -1.72. The van der Waals surface area contributed by atoms with Gasteiger partial charge in [-0.2, -0.15) is 0 Å². The molecule has 6 heteroatoms. The zero-order valence-corrected chi connectivity index (χ0v) is 16.6. The first-order valence-corrected chi connectivity index (χ1v) is 9.72. The van der Waals surface area contributed by atoms with Gasteiger partial charge in [-0.3, -0.25) is 14.6 Å². The highest BCUT2D eigenvalue weighted by molar-refractivity contribution is 6.09. The highest BCUT2D eigenvalue weighted by atomic mass is 16.6. The zero-order valence-electron chi connectivity index (χ0n) is 16.6. The van der Waals surface area contributed by atoms with Gasteiger partial charge in [0.25, 0.3) is 0 Å². The minimum absolute atomic E-state index is 0.188. The van der Waals surface area contributed by atoms with Gasteiger partial charge in [-0.05, 0) is 44.5 Å². The SMILES string of the molecule is CCCCCCCOc1ccc(N=CC(C(=O)OCC)C(=O)OCC)cc1. The average Bonchev–Trinajstić information content (AvgIpc) is 2.66. The van der Waals surface area contributed by atoms with E-state index in [-0.39, 0.29) is 13.2 Å². The van der Waals surface area contributed by atoms with Crippen molar-refractivity contribution in [1.82, 2.24) is 0 Å². The van der Waals surface area contributed by atoms with Crippen LogP contribution in [-0.2, 0) is 19.1 Å². The smallest absolute Gasteiger partial charge is 0.325 e. The van der Waals surface area contributed by atoms with E-state index in [1.165, 1.54) is 31.9 Å². The lowest BCUT2D eigenvalue weighted by Gasteiger charge is -2.10. The summed E-state index contributed by atoms with van der Waals surface area (Å²) >= 11 is 0. The number of ether oxygens (including phenoxy) is 3. The molecular weight excluding hydrogens is 346 g/mol. The van der Waals surface area contributed by atoms with Crippen LogP contribution in [0.4, 0.5) is 5.69 Å². The molecule has 0 atom stereocenters. The van der Waals surface area contributed by atoms with Crippen molar-refractivity contribution >= 4 is 23.8 Å². The molecule has 0 saturated heterocycles. The van der Waals surface area contributed by atoms with E-state index in [1.54, 1.807) is 26.0 Å². The Hall–Kier alpha value is -2.37. The lowest BCUT2D eigenvalue weighted by atomic mass is 10.1. The fourth-order valence-electron chi connectivity index (χ4n) is 2.37. The Morgan fingerprint density at radius 3 is 2.07 bits per heavy atom. The fourth-order valence-corrected chi connectivity index (χ4v) is 2.37. The Morgan fingerprint density at radius 1 is 0.926 bits per heavy atom. The van der Waals surface area contributed by atoms with Crippen LogP contribution in [0, 0.1) is 5.92 Å². The summed E-state index contributed by atoms with van der Waals surface area (Å²) in [5, 5.41) is 0. The van der Waals surface area contributed by atoms with E-state index >= 15 is 0 Å². The maximum absolute atomic E-state index is 11.9. The van der Waals surface area contributed by atoms with E-state index in [0.717, 1.165) is 12.2 Å². The maximum Gasteiger partial charge on any atom is 0.325 e. The maximum atomic E-state index is 11.9. The third kappa shape index (κ3) is 9.22. The van der Waals surface area contributed by atoms with Crippen LogP contribution < -0.4 is 4.74 Å². The molecule has 0 aliphatic rings. The molecule has 150 valence electrons. The number of rotatable bonds is 13. The Bertz CT molecular complexity index is 565. The van der Waals surface area contributed by atoms with E-state index in [2.05, 4.69) is 11.9 Å². The number of benzene rings is 1. The van der Waals surface area contributed by atoms with Crippen molar-refractivity contribution in [1.29, 1.82) is 0 Å². The second kappa shape index (κ2) is 13.8. The lowest BCUT2D eigenvalue weighted by molar-refractivity contribution is -0.157. The van der Waals surface area contributed by atoms with Gasteiger partial charge in [-0.15, -0.1) is 0 Å². The van der Waals surface area contributed by atoms with Gasteiger partial charge in [0.15, 0.2) is 5.92 Å². The summed E-state index contributed by atoms with van der Waals surface area (Å²) in [6.07, 6.45) is 7.23. The van der Waals surface area contributed by atoms with Crippen molar-refractivity contribution in [2.75, 3.05) is 19.8 Å². The highest BCUT2D eigenvalue weighted by Crippen LogP contribution is 2.19. The number of carbonyl (C=O) groups is 2. The van der Waals surface area contributed by atoms with Gasteiger partial charge < -0.3 is 14.2 Å². The van der Waals surface area contributed by atoms with Gasteiger partial charge in [0, 0.05) is 6.21 Å². The van der Waals surface area contributed by atoms with Crippen molar-refractivity contribution < 1.29 is 23.8 Å². The predicted molar refractivity (Wildman–Crippen MR) is 106 cm³/mol. The standard InChI is InChI=1S/C21H31NO5/c1-4-7-8-9-10-15-27-18-13-11-17(12-14-18)22-16-19(20(23)25-5-2)21(24)26-6-3/h11-14,16,19H,4-10,15H2,1-3H3. The number of hydrogen-bond acceptors (Lipinski definition) is 6. The number of carbonyl (C=O) groups excluding carboxylic acids is 2. The highest BCUT2D eigenvalue weighted by Gasteiger charge is 2.27. The molecule has 0 aliphatic heterocycles. The molecule has 0 unspecified atom stereocenters. The average molecular weight is 377 g/mol. The largest absolute Gasteiger partial charge is 0.494 e. The first-order valence-electron chi connectivity index (χ1n) is 9.72. The van der Waals surface area contributed by atoms with E-state index in [4.69, 9.17) is 14.2 Å². The first kappa shape index (κ1) is 22.7. The molecule has 0 aromatic heterocycles. The minimum atomic E-state index is -1.16. The Balaban J connectivity index is 2.57. The van der Waals surface area contributed by atoms with Crippen LogP contribution in [0.15, 0.2) is 29.3 Å². The second-order valence-corrected chi connectivity index (χ2v) is 6.02. The molecule has 6 nitrogen and oxygen atoms in total. The summed E-state index contributed by atoms with van der Waals surface area (Å²) in [5.41, 5.74) is 0.615. The normalized spacial score (nSPS) is 11.0. The zero-order chi connectivity index (χ0) is 19.9. The van der Waals surface area contributed by atoms with Crippen molar-refractivity contribution in [2.45, 2.75) is 52.9 Å². The summed E-state index contributed by atoms with van der Waals surface area (Å²) < 4.78 is 15.5. The number of nitrogens with zero attached hydrogens (tertiary/aromatic N) is 1. The van der Waals surface area contributed by atoms with Crippen molar-refractivity contribution in [3.63, 3.8) is 0 Å². The number of hydrogen-bond donors (Lipinski definition) is 0. The van der Waals surface area contributed by atoms with Crippen LogP contribution in [-0.4, -0.2) is 38.0 Å². The monoisotopic (exact) mass is 377 g/mol. The molecule has 0 spiro atoms. The summed E-state index contributed by atoms with van der Waals surface area (Å²) in [6.45, 7) is 6.63. The lowest BCUT2D eigenvalue weighted by Crippen LogP contribution is -2.29. The van der Waals surface area contributed by atoms with Crippen molar-refractivity contribution in [3.05, 3.63) is 24.3 Å².